The molecule has 5 heteroatoms. The molecule has 0 aromatic heterocycles. The van der Waals surface area contributed by atoms with E-state index in [-0.39, 0.29) is 18.0 Å². The standard InChI is InChI=1S/C17H25NO4/c1-4-6-17(22,7-5-2)11-18-15(19)13-8-12(3)9-14(10-13)16(20)21/h8-10,22H,4-7,11H2,1-3H3,(H,18,19)(H,20,21). The van der Waals surface area contributed by atoms with Gasteiger partial charge in [-0.2, -0.15) is 0 Å². The molecule has 0 unspecified atom stereocenters. The molecule has 1 aromatic rings. The Morgan fingerprint density at radius 3 is 2.14 bits per heavy atom. The number of amides is 1. The van der Waals surface area contributed by atoms with Crippen molar-refractivity contribution in [1.29, 1.82) is 0 Å². The number of rotatable bonds is 8. The maximum Gasteiger partial charge on any atom is 0.335 e. The van der Waals surface area contributed by atoms with E-state index in [0.717, 1.165) is 12.8 Å². The van der Waals surface area contributed by atoms with Gasteiger partial charge in [0.25, 0.3) is 5.91 Å². The second-order valence-corrected chi connectivity index (χ2v) is 5.80. The minimum absolute atomic E-state index is 0.0857. The molecule has 0 aliphatic carbocycles. The summed E-state index contributed by atoms with van der Waals surface area (Å²) in [5, 5.41) is 22.3. The average molecular weight is 307 g/mol. The summed E-state index contributed by atoms with van der Waals surface area (Å²) in [7, 11) is 0. The number of carboxylic acid groups (broad SMARTS) is 1. The Morgan fingerprint density at radius 1 is 1.09 bits per heavy atom. The molecule has 3 N–H and O–H groups in total. The van der Waals surface area contributed by atoms with Crippen molar-refractivity contribution < 1.29 is 19.8 Å². The van der Waals surface area contributed by atoms with Crippen LogP contribution in [0.5, 0.6) is 0 Å². The van der Waals surface area contributed by atoms with Crippen molar-refractivity contribution in [2.45, 2.75) is 52.1 Å². The van der Waals surface area contributed by atoms with Crippen LogP contribution < -0.4 is 5.32 Å². The Labute approximate surface area is 131 Å². The van der Waals surface area contributed by atoms with E-state index in [2.05, 4.69) is 5.32 Å². The van der Waals surface area contributed by atoms with E-state index in [1.807, 2.05) is 13.8 Å². The quantitative estimate of drug-likeness (QED) is 0.689. The number of nitrogens with one attached hydrogen (secondary N) is 1. The lowest BCUT2D eigenvalue weighted by Gasteiger charge is -2.27. The van der Waals surface area contributed by atoms with Gasteiger partial charge in [0.15, 0.2) is 0 Å². The molecule has 1 amide bonds. The number of hydrogen-bond donors (Lipinski definition) is 3. The van der Waals surface area contributed by atoms with Gasteiger partial charge in [-0.3, -0.25) is 4.79 Å². The molecule has 0 radical (unpaired) electrons. The molecule has 0 atom stereocenters. The number of aryl methyl sites for hydroxylation is 1. The molecular weight excluding hydrogens is 282 g/mol. The van der Waals surface area contributed by atoms with E-state index < -0.39 is 11.6 Å². The third kappa shape index (κ3) is 5.15. The smallest absolute Gasteiger partial charge is 0.335 e. The first kappa shape index (κ1) is 18.2. The Morgan fingerprint density at radius 2 is 1.64 bits per heavy atom. The van der Waals surface area contributed by atoms with E-state index in [1.54, 1.807) is 13.0 Å². The summed E-state index contributed by atoms with van der Waals surface area (Å²) in [5.74, 6) is -1.43. The normalized spacial score (nSPS) is 11.3. The lowest BCUT2D eigenvalue weighted by Crippen LogP contribution is -2.42. The van der Waals surface area contributed by atoms with Gasteiger partial charge in [-0.1, -0.05) is 26.7 Å². The molecule has 0 heterocycles. The highest BCUT2D eigenvalue weighted by molar-refractivity contribution is 5.97. The summed E-state index contributed by atoms with van der Waals surface area (Å²) < 4.78 is 0. The number of carbonyl (C=O) groups is 2. The summed E-state index contributed by atoms with van der Waals surface area (Å²) in [6.07, 6.45) is 2.91. The second kappa shape index (κ2) is 7.94. The van der Waals surface area contributed by atoms with Crippen molar-refractivity contribution in [2.75, 3.05) is 6.54 Å². The van der Waals surface area contributed by atoms with E-state index in [4.69, 9.17) is 5.11 Å². The Balaban J connectivity index is 2.82. The Kier molecular flexibility index (Phi) is 6.56. The van der Waals surface area contributed by atoms with Crippen molar-refractivity contribution in [1.82, 2.24) is 5.32 Å². The number of carbonyl (C=O) groups excluding carboxylic acids is 1. The molecule has 0 saturated carbocycles. The summed E-state index contributed by atoms with van der Waals surface area (Å²) in [6.45, 7) is 5.89. The molecule has 0 aliphatic heterocycles. The molecule has 5 nitrogen and oxygen atoms in total. The molecule has 122 valence electrons. The molecule has 0 fully saturated rings. The van der Waals surface area contributed by atoms with Crippen LogP contribution in [0.4, 0.5) is 0 Å². The maximum atomic E-state index is 12.2. The van der Waals surface area contributed by atoms with Crippen LogP contribution in [0, 0.1) is 6.92 Å². The average Bonchev–Trinajstić information content (AvgIpc) is 2.44. The lowest BCUT2D eigenvalue weighted by molar-refractivity contribution is 0.0213. The third-order valence-electron chi connectivity index (χ3n) is 3.60. The van der Waals surface area contributed by atoms with Crippen LogP contribution in [0.3, 0.4) is 0 Å². The van der Waals surface area contributed by atoms with Crippen LogP contribution in [0.15, 0.2) is 18.2 Å². The molecular formula is C17H25NO4. The van der Waals surface area contributed by atoms with Gasteiger partial charge in [0.05, 0.1) is 11.2 Å². The molecule has 0 spiro atoms. The van der Waals surface area contributed by atoms with Crippen molar-refractivity contribution in [3.05, 3.63) is 34.9 Å². The van der Waals surface area contributed by atoms with Gasteiger partial charge >= 0.3 is 5.97 Å². The fourth-order valence-electron chi connectivity index (χ4n) is 2.62. The first-order chi connectivity index (χ1) is 10.3. The zero-order chi connectivity index (χ0) is 16.8. The number of aromatic carboxylic acids is 1. The predicted octanol–water partition coefficient (Wildman–Crippen LogP) is 2.75. The van der Waals surface area contributed by atoms with E-state index in [9.17, 15) is 14.7 Å². The van der Waals surface area contributed by atoms with E-state index in [0.29, 0.717) is 24.0 Å². The monoisotopic (exact) mass is 307 g/mol. The minimum atomic E-state index is -1.06. The molecule has 1 rings (SSSR count). The Bertz CT molecular complexity index is 533. The highest BCUT2D eigenvalue weighted by Gasteiger charge is 2.25. The highest BCUT2D eigenvalue weighted by atomic mass is 16.4. The molecule has 22 heavy (non-hydrogen) atoms. The third-order valence-corrected chi connectivity index (χ3v) is 3.60. The number of aliphatic hydroxyl groups is 1. The highest BCUT2D eigenvalue weighted by Crippen LogP contribution is 2.19. The summed E-state index contributed by atoms with van der Waals surface area (Å²) in [5.41, 5.74) is 0.191. The van der Waals surface area contributed by atoms with Gasteiger partial charge in [-0.15, -0.1) is 0 Å². The zero-order valence-corrected chi connectivity index (χ0v) is 13.5. The summed E-state index contributed by atoms with van der Waals surface area (Å²) >= 11 is 0. The molecule has 0 aliphatic rings. The SMILES string of the molecule is CCCC(O)(CCC)CNC(=O)c1cc(C)cc(C(=O)O)c1. The fraction of sp³-hybridized carbons (Fsp3) is 0.529. The topological polar surface area (TPSA) is 86.6 Å². The van der Waals surface area contributed by atoms with Crippen molar-refractivity contribution in [3.63, 3.8) is 0 Å². The maximum absolute atomic E-state index is 12.2. The first-order valence-corrected chi connectivity index (χ1v) is 7.67. The van der Waals surface area contributed by atoms with Crippen LogP contribution in [0.1, 0.15) is 65.8 Å². The van der Waals surface area contributed by atoms with Crippen LogP contribution in [0.25, 0.3) is 0 Å². The van der Waals surface area contributed by atoms with Crippen LogP contribution in [0.2, 0.25) is 0 Å². The summed E-state index contributed by atoms with van der Waals surface area (Å²) in [6, 6.07) is 4.51. The van der Waals surface area contributed by atoms with Crippen LogP contribution >= 0.6 is 0 Å². The van der Waals surface area contributed by atoms with Crippen molar-refractivity contribution >= 4 is 11.9 Å². The van der Waals surface area contributed by atoms with Gasteiger partial charge < -0.3 is 15.5 Å². The lowest BCUT2D eigenvalue weighted by atomic mass is 9.92. The number of hydrogen-bond acceptors (Lipinski definition) is 3. The molecule has 0 saturated heterocycles. The van der Waals surface area contributed by atoms with Gasteiger partial charge in [0.2, 0.25) is 0 Å². The zero-order valence-electron chi connectivity index (χ0n) is 13.5. The molecule has 1 aromatic carbocycles. The van der Waals surface area contributed by atoms with Crippen LogP contribution in [-0.2, 0) is 0 Å². The number of carboxylic acids is 1. The second-order valence-electron chi connectivity index (χ2n) is 5.80. The van der Waals surface area contributed by atoms with Crippen molar-refractivity contribution in [3.8, 4) is 0 Å². The number of benzene rings is 1. The predicted molar refractivity (Wildman–Crippen MR) is 85.2 cm³/mol. The fourth-order valence-corrected chi connectivity index (χ4v) is 2.62. The van der Waals surface area contributed by atoms with Gasteiger partial charge in [0.1, 0.15) is 0 Å². The van der Waals surface area contributed by atoms with Gasteiger partial charge in [-0.25, -0.2) is 4.79 Å². The van der Waals surface area contributed by atoms with Gasteiger partial charge in [0, 0.05) is 12.1 Å². The van der Waals surface area contributed by atoms with Gasteiger partial charge in [-0.05, 0) is 43.5 Å². The largest absolute Gasteiger partial charge is 0.478 e. The van der Waals surface area contributed by atoms with E-state index >= 15 is 0 Å². The minimum Gasteiger partial charge on any atom is -0.478 e. The van der Waals surface area contributed by atoms with Crippen molar-refractivity contribution in [2.24, 2.45) is 0 Å². The molecule has 0 bridgehead atoms. The van der Waals surface area contributed by atoms with E-state index in [1.165, 1.54) is 12.1 Å². The Hall–Kier alpha value is -1.88. The van der Waals surface area contributed by atoms with Crippen LogP contribution in [-0.4, -0.2) is 34.2 Å². The first-order valence-electron chi connectivity index (χ1n) is 7.67. The summed E-state index contributed by atoms with van der Waals surface area (Å²) in [4.78, 5) is 23.3.